The summed E-state index contributed by atoms with van der Waals surface area (Å²) in [6.45, 7) is 1.54. The number of halogens is 1. The Hall–Kier alpha value is -1.90. The van der Waals surface area contributed by atoms with Gasteiger partial charge in [-0.05, 0) is 48.7 Å². The Morgan fingerprint density at radius 1 is 1.14 bits per heavy atom. The van der Waals surface area contributed by atoms with Gasteiger partial charge in [-0.15, -0.1) is 11.6 Å². The van der Waals surface area contributed by atoms with Gasteiger partial charge in [-0.2, -0.15) is 11.8 Å². The highest BCUT2D eigenvalue weighted by Crippen LogP contribution is 2.28. The molecular formula is C20H23ClN2O4S2. The normalized spacial score (nSPS) is 14.6. The van der Waals surface area contributed by atoms with Crippen LogP contribution in [0.4, 0.5) is 11.4 Å². The van der Waals surface area contributed by atoms with E-state index in [2.05, 4.69) is 4.72 Å². The highest BCUT2D eigenvalue weighted by Gasteiger charge is 2.21. The maximum Gasteiger partial charge on any atom is 0.337 e. The van der Waals surface area contributed by atoms with Crippen LogP contribution < -0.4 is 9.62 Å². The summed E-state index contributed by atoms with van der Waals surface area (Å²) in [5.41, 5.74) is 1.95. The fourth-order valence-electron chi connectivity index (χ4n) is 3.17. The molecule has 156 valence electrons. The molecule has 1 aliphatic rings. The minimum absolute atomic E-state index is 0.0912. The zero-order valence-electron chi connectivity index (χ0n) is 15.8. The van der Waals surface area contributed by atoms with E-state index in [0.717, 1.165) is 43.0 Å². The number of hydrogen-bond donors (Lipinski definition) is 2. The Kier molecular flexibility index (Phi) is 7.32. The van der Waals surface area contributed by atoms with Crippen molar-refractivity contribution in [2.45, 2.75) is 17.7 Å². The van der Waals surface area contributed by atoms with Crippen molar-refractivity contribution in [1.29, 1.82) is 0 Å². The van der Waals surface area contributed by atoms with E-state index in [4.69, 9.17) is 11.6 Å². The first-order chi connectivity index (χ1) is 13.9. The van der Waals surface area contributed by atoms with Crippen LogP contribution in [-0.4, -0.2) is 50.0 Å². The lowest BCUT2D eigenvalue weighted by Gasteiger charge is -2.29. The second-order valence-electron chi connectivity index (χ2n) is 6.68. The van der Waals surface area contributed by atoms with E-state index < -0.39 is 16.0 Å². The summed E-state index contributed by atoms with van der Waals surface area (Å²) < 4.78 is 27.9. The predicted molar refractivity (Wildman–Crippen MR) is 119 cm³/mol. The molecule has 0 unspecified atom stereocenters. The van der Waals surface area contributed by atoms with Gasteiger partial charge in [0.2, 0.25) is 0 Å². The third-order valence-corrected chi connectivity index (χ3v) is 7.27. The van der Waals surface area contributed by atoms with Gasteiger partial charge in [0.05, 0.1) is 16.1 Å². The van der Waals surface area contributed by atoms with Gasteiger partial charge in [-0.25, -0.2) is 13.2 Å². The number of hydrogen-bond acceptors (Lipinski definition) is 5. The van der Waals surface area contributed by atoms with Crippen LogP contribution >= 0.6 is 23.4 Å². The second-order valence-corrected chi connectivity index (χ2v) is 9.96. The van der Waals surface area contributed by atoms with E-state index in [-0.39, 0.29) is 16.1 Å². The van der Waals surface area contributed by atoms with Crippen LogP contribution in [0.3, 0.4) is 0 Å². The van der Waals surface area contributed by atoms with E-state index in [9.17, 15) is 18.3 Å². The average Bonchev–Trinajstić information content (AvgIpc) is 2.73. The summed E-state index contributed by atoms with van der Waals surface area (Å²) in [4.78, 5) is 13.9. The molecule has 6 nitrogen and oxygen atoms in total. The third kappa shape index (κ3) is 5.58. The van der Waals surface area contributed by atoms with Crippen LogP contribution in [0.25, 0.3) is 0 Å². The van der Waals surface area contributed by atoms with Crippen molar-refractivity contribution in [3.63, 3.8) is 0 Å². The standard InChI is InChI=1S/C20H23ClN2O4S2/c21-9-1-2-15-3-6-17(7-4-15)29(26,27)22-16-5-8-19(18(14-16)20(24)25)23-10-12-28-13-11-23/h3-8,14,22H,1-2,9-13H2,(H,24,25). The lowest BCUT2D eigenvalue weighted by Crippen LogP contribution is -2.33. The fourth-order valence-corrected chi connectivity index (χ4v) is 5.26. The molecule has 29 heavy (non-hydrogen) atoms. The first-order valence-electron chi connectivity index (χ1n) is 9.28. The minimum Gasteiger partial charge on any atom is -0.478 e. The number of aryl methyl sites for hydroxylation is 1. The van der Waals surface area contributed by atoms with Crippen LogP contribution in [-0.2, 0) is 16.4 Å². The molecule has 0 radical (unpaired) electrons. The Balaban J connectivity index is 1.81. The third-order valence-electron chi connectivity index (χ3n) is 4.66. The van der Waals surface area contributed by atoms with Gasteiger partial charge in [-0.3, -0.25) is 4.72 Å². The lowest BCUT2D eigenvalue weighted by atomic mass is 10.1. The zero-order valence-corrected chi connectivity index (χ0v) is 18.2. The summed E-state index contributed by atoms with van der Waals surface area (Å²) in [7, 11) is -3.82. The van der Waals surface area contributed by atoms with Gasteiger partial charge in [0.1, 0.15) is 0 Å². The summed E-state index contributed by atoms with van der Waals surface area (Å²) in [6, 6.07) is 11.3. The highest BCUT2D eigenvalue weighted by atomic mass is 35.5. The van der Waals surface area contributed by atoms with Crippen molar-refractivity contribution in [2.24, 2.45) is 0 Å². The molecule has 0 atom stereocenters. The van der Waals surface area contributed by atoms with Crippen molar-refractivity contribution in [2.75, 3.05) is 40.1 Å². The molecule has 0 aliphatic carbocycles. The molecule has 0 aromatic heterocycles. The van der Waals surface area contributed by atoms with Crippen molar-refractivity contribution in [1.82, 2.24) is 0 Å². The molecule has 2 aromatic rings. The van der Waals surface area contributed by atoms with Crippen LogP contribution in [0.1, 0.15) is 22.3 Å². The molecule has 3 rings (SSSR count). The zero-order chi connectivity index (χ0) is 20.9. The quantitative estimate of drug-likeness (QED) is 0.588. The monoisotopic (exact) mass is 454 g/mol. The van der Waals surface area contributed by atoms with Crippen molar-refractivity contribution >= 4 is 50.7 Å². The number of alkyl halides is 1. The lowest BCUT2D eigenvalue weighted by molar-refractivity contribution is 0.0697. The van der Waals surface area contributed by atoms with Gasteiger partial charge in [0.15, 0.2) is 0 Å². The smallest absolute Gasteiger partial charge is 0.337 e. The fraction of sp³-hybridized carbons (Fsp3) is 0.350. The molecule has 2 N–H and O–H groups in total. The van der Waals surface area contributed by atoms with Crippen LogP contribution in [0.15, 0.2) is 47.4 Å². The van der Waals surface area contributed by atoms with Gasteiger partial charge in [0, 0.05) is 36.2 Å². The molecule has 1 fully saturated rings. The topological polar surface area (TPSA) is 86.7 Å². The van der Waals surface area contributed by atoms with E-state index in [1.807, 2.05) is 16.7 Å². The molecule has 0 spiro atoms. The van der Waals surface area contributed by atoms with Crippen LogP contribution in [0.2, 0.25) is 0 Å². The van der Waals surface area contributed by atoms with Gasteiger partial charge in [-0.1, -0.05) is 12.1 Å². The van der Waals surface area contributed by atoms with Crippen molar-refractivity contribution in [3.8, 4) is 0 Å². The van der Waals surface area contributed by atoms with E-state index in [1.54, 1.807) is 36.4 Å². The van der Waals surface area contributed by atoms with Crippen molar-refractivity contribution < 1.29 is 18.3 Å². The molecule has 0 saturated carbocycles. The highest BCUT2D eigenvalue weighted by molar-refractivity contribution is 7.99. The number of carbonyl (C=O) groups is 1. The number of rotatable bonds is 8. The number of thioether (sulfide) groups is 1. The molecule has 0 bridgehead atoms. The summed E-state index contributed by atoms with van der Waals surface area (Å²) >= 11 is 7.52. The number of nitrogens with zero attached hydrogens (tertiary/aromatic N) is 1. The van der Waals surface area contributed by atoms with E-state index >= 15 is 0 Å². The number of sulfonamides is 1. The SMILES string of the molecule is O=C(O)c1cc(NS(=O)(=O)c2ccc(CCCCl)cc2)ccc1N1CCSCC1. The number of anilines is 2. The Labute approximate surface area is 180 Å². The molecule has 1 aliphatic heterocycles. The minimum atomic E-state index is -3.82. The number of carboxylic acids is 1. The summed E-state index contributed by atoms with van der Waals surface area (Å²) in [5, 5.41) is 9.62. The first kappa shape index (κ1) is 21.8. The van der Waals surface area contributed by atoms with Crippen LogP contribution in [0.5, 0.6) is 0 Å². The predicted octanol–water partition coefficient (Wildman–Crippen LogP) is 3.91. The second kappa shape index (κ2) is 9.73. The number of carboxylic acid groups (broad SMARTS) is 1. The summed E-state index contributed by atoms with van der Waals surface area (Å²) in [5.74, 6) is 1.35. The van der Waals surface area contributed by atoms with Gasteiger partial charge in [0.25, 0.3) is 10.0 Å². The number of aromatic carboxylic acids is 1. The maximum absolute atomic E-state index is 12.7. The van der Waals surface area contributed by atoms with E-state index in [0.29, 0.717) is 11.6 Å². The van der Waals surface area contributed by atoms with Crippen molar-refractivity contribution in [3.05, 3.63) is 53.6 Å². The molecule has 1 saturated heterocycles. The maximum atomic E-state index is 12.7. The largest absolute Gasteiger partial charge is 0.478 e. The molecule has 2 aromatic carbocycles. The number of nitrogens with one attached hydrogen (secondary N) is 1. The summed E-state index contributed by atoms with van der Waals surface area (Å²) in [6.07, 6.45) is 1.61. The molecule has 0 amide bonds. The Bertz CT molecular complexity index is 959. The Morgan fingerprint density at radius 3 is 2.45 bits per heavy atom. The van der Waals surface area contributed by atoms with Gasteiger partial charge >= 0.3 is 5.97 Å². The number of benzene rings is 2. The molecule has 9 heteroatoms. The average molecular weight is 455 g/mol. The Morgan fingerprint density at radius 2 is 1.83 bits per heavy atom. The van der Waals surface area contributed by atoms with Gasteiger partial charge < -0.3 is 10.0 Å². The van der Waals surface area contributed by atoms with E-state index in [1.165, 1.54) is 6.07 Å². The molecular weight excluding hydrogens is 432 g/mol. The molecule has 1 heterocycles. The van der Waals surface area contributed by atoms with Crippen LogP contribution in [0, 0.1) is 0 Å². The first-order valence-corrected chi connectivity index (χ1v) is 12.5.